The van der Waals surface area contributed by atoms with E-state index in [-0.39, 0.29) is 49.3 Å². The fraction of sp³-hybridized carbons (Fsp3) is 0.595. The van der Waals surface area contributed by atoms with Gasteiger partial charge in [0.25, 0.3) is 6.43 Å². The van der Waals surface area contributed by atoms with Gasteiger partial charge in [0, 0.05) is 39.3 Å². The number of nitrogens with one attached hydrogen (secondary N) is 2. The minimum atomic E-state index is -2.86. The maximum atomic E-state index is 15.3. The van der Waals surface area contributed by atoms with E-state index in [2.05, 4.69) is 32.5 Å². The molecule has 3 atom stereocenters. The molecule has 286 valence electrons. The van der Waals surface area contributed by atoms with Crippen LogP contribution >= 0.6 is 0 Å². The van der Waals surface area contributed by atoms with Gasteiger partial charge in [0.2, 0.25) is 11.8 Å². The minimum absolute atomic E-state index is 0.00297. The highest BCUT2D eigenvalue weighted by molar-refractivity contribution is 6.00. The Bertz CT molecular complexity index is 1960. The van der Waals surface area contributed by atoms with Crippen LogP contribution in [-0.4, -0.2) is 85.8 Å². The number of hydrogen-bond donors (Lipinski definition) is 2. The van der Waals surface area contributed by atoms with Crippen molar-refractivity contribution >= 4 is 34.6 Å². The number of halogens is 3. The first kappa shape index (κ1) is 38.1. The molecule has 0 spiro atoms. The molecular weight excluding hydrogens is 695 g/mol. The third kappa shape index (κ3) is 8.79. The Kier molecular flexibility index (Phi) is 11.3. The molecule has 0 radical (unpaired) electrons. The number of anilines is 1. The van der Waals surface area contributed by atoms with Crippen molar-refractivity contribution in [2.45, 2.75) is 102 Å². The van der Waals surface area contributed by atoms with Crippen molar-refractivity contribution < 1.29 is 37.0 Å². The first-order chi connectivity index (χ1) is 25.2. The van der Waals surface area contributed by atoms with E-state index in [1.807, 2.05) is 0 Å². The molecule has 1 aliphatic carbocycles. The van der Waals surface area contributed by atoms with Crippen LogP contribution in [0.25, 0.3) is 11.0 Å². The van der Waals surface area contributed by atoms with Gasteiger partial charge < -0.3 is 9.47 Å². The van der Waals surface area contributed by atoms with Gasteiger partial charge in [-0.1, -0.05) is 17.9 Å². The molecule has 3 fully saturated rings. The lowest BCUT2D eigenvalue weighted by Crippen LogP contribution is -2.47. The van der Waals surface area contributed by atoms with Crippen LogP contribution in [0.1, 0.15) is 95.5 Å². The zero-order chi connectivity index (χ0) is 38.0. The molecule has 3 aromatic rings. The highest BCUT2D eigenvalue weighted by Crippen LogP contribution is 2.36. The third-order valence-electron chi connectivity index (χ3n) is 10.1. The number of carbonyl (C=O) groups is 3. The number of ether oxygens (including phenoxy) is 2. The van der Waals surface area contributed by atoms with Gasteiger partial charge in [0.1, 0.15) is 24.4 Å². The summed E-state index contributed by atoms with van der Waals surface area (Å²) in [5, 5.41) is 8.82. The number of aromatic nitrogens is 4. The topological polar surface area (TPSA) is 142 Å². The zero-order valence-electron chi connectivity index (χ0n) is 30.4. The first-order valence-electron chi connectivity index (χ1n) is 18.1. The summed E-state index contributed by atoms with van der Waals surface area (Å²) < 4.78 is 58.2. The summed E-state index contributed by atoms with van der Waals surface area (Å²) in [5.74, 6) is 5.46. The molecule has 53 heavy (non-hydrogen) atoms. The molecule has 2 N–H and O–H groups in total. The highest BCUT2D eigenvalue weighted by Gasteiger charge is 2.34. The standard InChI is InChI=1S/C37H46F3N7O6/c1-37(2,3)53-35(50)41-26-21-46(43-31(26)33(39)40)24-12-10-22(11-13-24)19-45-17-16-29(25(38)20-45)52-18-6-8-23-7-5-9-27-32(23)44(4)36(51)47(27)28-14-15-30(48)42-34(28)49/h5,7,9,21-22,24-25,28-29,33H,10-20H2,1-4H3,(H,41,50)(H,42,48,49)/t22?,24?,25-,28?,29-/m0/s1. The number of likely N-dealkylation sites (tertiary alicyclic amines) is 1. The van der Waals surface area contributed by atoms with E-state index in [1.54, 1.807) is 46.0 Å². The van der Waals surface area contributed by atoms with Crippen molar-refractivity contribution in [3.8, 4) is 11.8 Å². The monoisotopic (exact) mass is 741 g/mol. The van der Waals surface area contributed by atoms with Gasteiger partial charge in [-0.15, -0.1) is 0 Å². The number of carbonyl (C=O) groups excluding carboxylic acids is 3. The molecule has 3 aliphatic rings. The van der Waals surface area contributed by atoms with Crippen LogP contribution in [0.15, 0.2) is 29.2 Å². The number of hydrogen-bond acceptors (Lipinski definition) is 8. The predicted octanol–water partition coefficient (Wildman–Crippen LogP) is 5.01. The molecule has 6 rings (SSSR count). The Balaban J connectivity index is 0.983. The lowest BCUT2D eigenvalue weighted by Gasteiger charge is -2.38. The van der Waals surface area contributed by atoms with Crippen molar-refractivity contribution in [1.29, 1.82) is 0 Å². The quantitative estimate of drug-likeness (QED) is 0.243. The average Bonchev–Trinajstić information content (AvgIpc) is 3.62. The fourth-order valence-corrected chi connectivity index (χ4v) is 7.57. The van der Waals surface area contributed by atoms with Crippen LogP contribution in [0.4, 0.5) is 23.7 Å². The number of alkyl halides is 3. The summed E-state index contributed by atoms with van der Waals surface area (Å²) in [6.45, 7) is 6.71. The van der Waals surface area contributed by atoms with Gasteiger partial charge in [0.15, 0.2) is 5.69 Å². The number of nitrogens with zero attached hydrogens (tertiary/aromatic N) is 5. The second kappa shape index (κ2) is 15.8. The predicted molar refractivity (Wildman–Crippen MR) is 189 cm³/mol. The van der Waals surface area contributed by atoms with Crippen LogP contribution in [-0.2, 0) is 26.1 Å². The SMILES string of the molecule is Cn1c(=O)n(C2CCC(=O)NC2=O)c2cccc(C#CCO[C@H]3CCN(CC4CCC(n5cc(NC(=O)OC(C)(C)C)c(C(F)F)n5)CC4)C[C@@H]3F)c21. The number of fused-ring (bicyclic) bond motifs is 1. The maximum Gasteiger partial charge on any atom is 0.412 e. The smallest absolute Gasteiger partial charge is 0.412 e. The second-order valence-electron chi connectivity index (χ2n) is 15.1. The van der Waals surface area contributed by atoms with E-state index in [4.69, 9.17) is 9.47 Å². The molecular formula is C37H46F3N7O6. The summed E-state index contributed by atoms with van der Waals surface area (Å²) in [6.07, 6.45) is -0.0217. The number of piperidine rings is 2. The van der Waals surface area contributed by atoms with Gasteiger partial charge in [-0.3, -0.25) is 38.9 Å². The number of imidazole rings is 1. The Morgan fingerprint density at radius 1 is 1.11 bits per heavy atom. The van der Waals surface area contributed by atoms with Gasteiger partial charge in [-0.2, -0.15) is 5.10 Å². The first-order valence-corrected chi connectivity index (χ1v) is 18.1. The van der Waals surface area contributed by atoms with Gasteiger partial charge in [0.05, 0.1) is 34.4 Å². The van der Waals surface area contributed by atoms with E-state index in [0.29, 0.717) is 35.5 Å². The molecule has 2 saturated heterocycles. The maximum absolute atomic E-state index is 15.3. The van der Waals surface area contributed by atoms with Crippen molar-refractivity contribution in [3.63, 3.8) is 0 Å². The molecule has 1 aromatic carbocycles. The van der Waals surface area contributed by atoms with Crippen molar-refractivity contribution in [2.75, 3.05) is 31.6 Å². The number of para-hydroxylation sites is 1. The summed E-state index contributed by atoms with van der Waals surface area (Å²) in [5.41, 5.74) is -0.0532. The van der Waals surface area contributed by atoms with E-state index >= 15 is 4.39 Å². The largest absolute Gasteiger partial charge is 0.444 e. The number of amides is 3. The van der Waals surface area contributed by atoms with E-state index in [1.165, 1.54) is 20.0 Å². The lowest BCUT2D eigenvalue weighted by molar-refractivity contribution is -0.135. The zero-order valence-corrected chi connectivity index (χ0v) is 30.4. The van der Waals surface area contributed by atoms with E-state index < -0.39 is 48.0 Å². The van der Waals surface area contributed by atoms with Gasteiger partial charge in [-0.05, 0) is 77.3 Å². The second-order valence-corrected chi connectivity index (χ2v) is 15.1. The van der Waals surface area contributed by atoms with Crippen LogP contribution in [0.5, 0.6) is 0 Å². The number of aryl methyl sites for hydroxylation is 1. The number of rotatable bonds is 8. The molecule has 4 heterocycles. The number of benzene rings is 1. The molecule has 1 saturated carbocycles. The minimum Gasteiger partial charge on any atom is -0.444 e. The molecule has 16 heteroatoms. The Labute approximate surface area is 305 Å². The Morgan fingerprint density at radius 3 is 2.55 bits per heavy atom. The Morgan fingerprint density at radius 2 is 1.87 bits per heavy atom. The summed E-state index contributed by atoms with van der Waals surface area (Å²) in [6, 6.07) is 4.37. The van der Waals surface area contributed by atoms with Gasteiger partial charge in [-0.25, -0.2) is 22.8 Å². The van der Waals surface area contributed by atoms with Crippen LogP contribution in [0.2, 0.25) is 0 Å². The fourth-order valence-electron chi connectivity index (χ4n) is 7.57. The van der Waals surface area contributed by atoms with E-state index in [9.17, 15) is 28.0 Å². The van der Waals surface area contributed by atoms with Crippen LogP contribution in [0, 0.1) is 17.8 Å². The summed E-state index contributed by atoms with van der Waals surface area (Å²) in [7, 11) is 1.61. The average molecular weight is 742 g/mol. The van der Waals surface area contributed by atoms with Crippen molar-refractivity contribution in [3.05, 3.63) is 46.1 Å². The lowest BCUT2D eigenvalue weighted by atomic mass is 9.85. The highest BCUT2D eigenvalue weighted by atomic mass is 19.3. The van der Waals surface area contributed by atoms with Crippen LogP contribution < -0.4 is 16.3 Å². The molecule has 1 unspecified atom stereocenters. The molecule has 0 bridgehead atoms. The molecule has 2 aliphatic heterocycles. The normalized spacial score (nSPS) is 24.2. The summed E-state index contributed by atoms with van der Waals surface area (Å²) >= 11 is 0. The van der Waals surface area contributed by atoms with E-state index in [0.717, 1.165) is 32.2 Å². The van der Waals surface area contributed by atoms with Gasteiger partial charge >= 0.3 is 11.8 Å². The van der Waals surface area contributed by atoms with Crippen molar-refractivity contribution in [1.82, 2.24) is 29.1 Å². The van der Waals surface area contributed by atoms with Crippen molar-refractivity contribution in [2.24, 2.45) is 13.0 Å². The third-order valence-corrected chi connectivity index (χ3v) is 10.1. The molecule has 13 nitrogen and oxygen atoms in total. The number of imide groups is 1. The molecule has 3 amide bonds. The Hall–Kier alpha value is -4.62. The summed E-state index contributed by atoms with van der Waals surface area (Å²) in [4.78, 5) is 51.7. The molecule has 2 aromatic heterocycles. The van der Waals surface area contributed by atoms with Crippen LogP contribution in [0.3, 0.4) is 0 Å².